The zero-order chi connectivity index (χ0) is 26.3. The Kier molecular flexibility index (Phi) is 8.11. The molecule has 185 valence electrons. The van der Waals surface area contributed by atoms with Crippen LogP contribution in [0.25, 0.3) is 0 Å². The second kappa shape index (κ2) is 12.4. The largest absolute Gasteiger partial charge is 0.193 e. The van der Waals surface area contributed by atoms with Crippen LogP contribution < -0.4 is 42.8 Å². The molecule has 39 heavy (non-hydrogen) atoms. The van der Waals surface area contributed by atoms with Crippen molar-refractivity contribution in [3.63, 3.8) is 0 Å². The molecule has 0 bridgehead atoms. The second-order valence-corrected chi connectivity index (χ2v) is 13.6. The highest BCUT2D eigenvalue weighted by atomic mass is 31.1. The first-order valence-electron chi connectivity index (χ1n) is 13.2. The summed E-state index contributed by atoms with van der Waals surface area (Å²) in [4.78, 5) is 0. The highest BCUT2D eigenvalue weighted by Crippen LogP contribution is 2.33. The van der Waals surface area contributed by atoms with E-state index < -0.39 is 15.8 Å². The van der Waals surface area contributed by atoms with Crippen LogP contribution in [-0.4, -0.2) is 7.28 Å². The van der Waals surface area contributed by atoms with Gasteiger partial charge in [-0.1, -0.05) is 181 Å². The number of hydrogen-bond acceptors (Lipinski definition) is 0. The summed E-state index contributed by atoms with van der Waals surface area (Å²) >= 11 is 0. The Labute approximate surface area is 235 Å². The molecule has 0 atom stereocenters. The molecule has 0 aliphatic heterocycles. The first kappa shape index (κ1) is 25.5. The van der Waals surface area contributed by atoms with Gasteiger partial charge in [-0.2, -0.15) is 0 Å². The minimum atomic E-state index is -0.702. The molecule has 0 heterocycles. The molecular formula is C36H28BP2. The van der Waals surface area contributed by atoms with E-state index in [9.17, 15) is 0 Å². The standard InChI is InChI=1S/C36H28BP2/c1-5-17-29(18-6-1)38(30-19-7-2-8-20-30)35-27-15-13-25-33(35)37-34-26-14-16-28-36(34)39(31-21-9-3-10-22-31)32-23-11-4-12-24-32/h1-28H. The fourth-order valence-electron chi connectivity index (χ4n) is 4.96. The molecule has 0 spiro atoms. The van der Waals surface area contributed by atoms with Gasteiger partial charge in [-0.15, -0.1) is 0 Å². The van der Waals surface area contributed by atoms with Gasteiger partial charge >= 0.3 is 0 Å². The van der Waals surface area contributed by atoms with E-state index >= 15 is 0 Å². The van der Waals surface area contributed by atoms with Gasteiger partial charge in [0.15, 0.2) is 7.28 Å². The molecule has 6 aromatic carbocycles. The van der Waals surface area contributed by atoms with Crippen LogP contribution in [0.15, 0.2) is 170 Å². The summed E-state index contributed by atoms with van der Waals surface area (Å²) in [6.45, 7) is 0. The smallest absolute Gasteiger partial charge is 0.0732 e. The first-order valence-corrected chi connectivity index (χ1v) is 15.9. The molecule has 0 aliphatic rings. The summed E-state index contributed by atoms with van der Waals surface area (Å²) in [5, 5.41) is 8.21. The lowest BCUT2D eigenvalue weighted by molar-refractivity contribution is 1.74. The van der Waals surface area contributed by atoms with Crippen molar-refractivity contribution in [2.45, 2.75) is 0 Å². The van der Waals surface area contributed by atoms with Crippen molar-refractivity contribution in [1.29, 1.82) is 0 Å². The van der Waals surface area contributed by atoms with Gasteiger partial charge in [-0.25, -0.2) is 0 Å². The van der Waals surface area contributed by atoms with Crippen molar-refractivity contribution in [2.75, 3.05) is 0 Å². The highest BCUT2D eigenvalue weighted by Gasteiger charge is 2.23. The van der Waals surface area contributed by atoms with E-state index in [1.165, 1.54) is 42.8 Å². The molecule has 0 aliphatic carbocycles. The molecule has 0 saturated heterocycles. The van der Waals surface area contributed by atoms with Crippen LogP contribution in [0.3, 0.4) is 0 Å². The molecule has 3 heteroatoms. The lowest BCUT2D eigenvalue weighted by Gasteiger charge is -2.24. The van der Waals surface area contributed by atoms with Crippen LogP contribution in [0.2, 0.25) is 0 Å². The molecule has 0 unspecified atom stereocenters. The summed E-state index contributed by atoms with van der Waals surface area (Å²) in [5.41, 5.74) is 2.56. The Bertz CT molecular complexity index is 1420. The first-order chi connectivity index (χ1) is 19.4. The van der Waals surface area contributed by atoms with Crippen LogP contribution >= 0.6 is 15.8 Å². The Morgan fingerprint density at radius 3 is 0.846 bits per heavy atom. The third-order valence-corrected chi connectivity index (χ3v) is 11.8. The van der Waals surface area contributed by atoms with E-state index in [0.29, 0.717) is 0 Å². The summed E-state index contributed by atoms with van der Waals surface area (Å²) in [6, 6.07) is 61.7. The summed E-state index contributed by atoms with van der Waals surface area (Å²) in [5.74, 6) is 0. The van der Waals surface area contributed by atoms with Crippen molar-refractivity contribution >= 4 is 65.9 Å². The quantitative estimate of drug-likeness (QED) is 0.194. The zero-order valence-corrected chi connectivity index (χ0v) is 23.4. The Morgan fingerprint density at radius 1 is 0.282 bits per heavy atom. The lowest BCUT2D eigenvalue weighted by Crippen LogP contribution is -2.45. The SMILES string of the molecule is [B](c1ccccc1P(c1ccccc1)c1ccccc1)c1ccccc1P(c1ccccc1)c1ccccc1. The molecule has 0 nitrogen and oxygen atoms in total. The van der Waals surface area contributed by atoms with Crippen LogP contribution in [-0.2, 0) is 0 Å². The van der Waals surface area contributed by atoms with Crippen LogP contribution in [0.1, 0.15) is 0 Å². The lowest BCUT2D eigenvalue weighted by atomic mass is 9.64. The summed E-state index contributed by atoms with van der Waals surface area (Å²) in [7, 11) is 1.01. The Hall–Kier alpha value is -3.76. The number of benzene rings is 6. The van der Waals surface area contributed by atoms with E-state index in [4.69, 9.17) is 0 Å². The molecule has 0 aromatic heterocycles. The van der Waals surface area contributed by atoms with Gasteiger partial charge in [0.1, 0.15) is 0 Å². The Morgan fingerprint density at radius 2 is 0.538 bits per heavy atom. The fourth-order valence-corrected chi connectivity index (χ4v) is 9.81. The average molecular weight is 533 g/mol. The van der Waals surface area contributed by atoms with E-state index in [0.717, 1.165) is 0 Å². The van der Waals surface area contributed by atoms with Crippen LogP contribution in [0.4, 0.5) is 0 Å². The highest BCUT2D eigenvalue weighted by molar-refractivity contribution is 7.81. The zero-order valence-electron chi connectivity index (χ0n) is 21.6. The Balaban J connectivity index is 1.46. The van der Waals surface area contributed by atoms with E-state index in [-0.39, 0.29) is 0 Å². The van der Waals surface area contributed by atoms with Crippen molar-refractivity contribution in [3.8, 4) is 0 Å². The summed E-state index contributed by atoms with van der Waals surface area (Å²) in [6.07, 6.45) is 0. The molecule has 0 saturated carbocycles. The number of hydrogen-bond donors (Lipinski definition) is 0. The van der Waals surface area contributed by atoms with E-state index in [1.807, 2.05) is 0 Å². The van der Waals surface area contributed by atoms with Crippen molar-refractivity contribution in [2.24, 2.45) is 0 Å². The molecular weight excluding hydrogens is 505 g/mol. The van der Waals surface area contributed by atoms with Gasteiger partial charge in [0.25, 0.3) is 0 Å². The maximum Gasteiger partial charge on any atom is 0.193 e. The van der Waals surface area contributed by atoms with Crippen LogP contribution in [0.5, 0.6) is 0 Å². The molecule has 0 fully saturated rings. The van der Waals surface area contributed by atoms with Crippen molar-refractivity contribution in [1.82, 2.24) is 0 Å². The minimum absolute atomic E-state index is 0.702. The summed E-state index contributed by atoms with van der Waals surface area (Å²) < 4.78 is 0. The van der Waals surface area contributed by atoms with Crippen LogP contribution in [0, 0.1) is 0 Å². The van der Waals surface area contributed by atoms with Gasteiger partial charge in [0.05, 0.1) is 0 Å². The third kappa shape index (κ3) is 5.82. The van der Waals surface area contributed by atoms with Gasteiger partial charge in [-0.05, 0) is 47.7 Å². The topological polar surface area (TPSA) is 0 Å². The fraction of sp³-hybridized carbons (Fsp3) is 0. The van der Waals surface area contributed by atoms with Gasteiger partial charge in [0.2, 0.25) is 0 Å². The van der Waals surface area contributed by atoms with Gasteiger partial charge < -0.3 is 0 Å². The second-order valence-electron chi connectivity index (χ2n) is 9.27. The minimum Gasteiger partial charge on any atom is -0.0732 e. The monoisotopic (exact) mass is 533 g/mol. The van der Waals surface area contributed by atoms with Crippen molar-refractivity contribution < 1.29 is 0 Å². The molecule has 0 amide bonds. The maximum atomic E-state index is 2.41. The van der Waals surface area contributed by atoms with Gasteiger partial charge in [-0.3, -0.25) is 0 Å². The van der Waals surface area contributed by atoms with Crippen molar-refractivity contribution in [3.05, 3.63) is 170 Å². The van der Waals surface area contributed by atoms with E-state index in [1.54, 1.807) is 0 Å². The normalized spacial score (nSPS) is 11.0. The molecule has 6 aromatic rings. The maximum absolute atomic E-state index is 2.41. The molecule has 1 radical (unpaired) electrons. The predicted octanol–water partition coefficient (Wildman–Crippen LogP) is 4.86. The predicted molar refractivity (Wildman–Crippen MR) is 175 cm³/mol. The van der Waals surface area contributed by atoms with Gasteiger partial charge in [0, 0.05) is 0 Å². The average Bonchev–Trinajstić information content (AvgIpc) is 3.01. The number of rotatable bonds is 8. The molecule has 0 N–H and O–H groups in total. The third-order valence-electron chi connectivity index (χ3n) is 6.72. The van der Waals surface area contributed by atoms with E-state index in [2.05, 4.69) is 177 Å². The molecule has 6 rings (SSSR count).